The highest BCUT2D eigenvalue weighted by atomic mass is 16.5. The summed E-state index contributed by atoms with van der Waals surface area (Å²) >= 11 is 0. The molecule has 1 fully saturated rings. The van der Waals surface area contributed by atoms with Gasteiger partial charge in [-0.15, -0.1) is 0 Å². The molecular formula is C23H29N3O4. The van der Waals surface area contributed by atoms with Crippen LogP contribution in [0.2, 0.25) is 0 Å². The number of hydrogen-bond acceptors (Lipinski definition) is 4. The molecule has 0 aromatic heterocycles. The summed E-state index contributed by atoms with van der Waals surface area (Å²) in [7, 11) is 1.58. The monoisotopic (exact) mass is 411 g/mol. The molecule has 30 heavy (non-hydrogen) atoms. The lowest BCUT2D eigenvalue weighted by atomic mass is 10.1. The van der Waals surface area contributed by atoms with E-state index in [-0.39, 0.29) is 11.9 Å². The Morgan fingerprint density at radius 3 is 2.67 bits per heavy atom. The summed E-state index contributed by atoms with van der Waals surface area (Å²) in [5, 5.41) is 5.73. The predicted molar refractivity (Wildman–Crippen MR) is 117 cm³/mol. The van der Waals surface area contributed by atoms with Gasteiger partial charge in [0.15, 0.2) is 0 Å². The van der Waals surface area contributed by atoms with Crippen molar-refractivity contribution < 1.29 is 19.1 Å². The highest BCUT2D eigenvalue weighted by molar-refractivity contribution is 5.97. The van der Waals surface area contributed by atoms with Crippen LogP contribution in [-0.2, 0) is 22.7 Å². The fourth-order valence-electron chi connectivity index (χ4n) is 3.47. The van der Waals surface area contributed by atoms with E-state index in [4.69, 9.17) is 9.47 Å². The second-order valence-electron chi connectivity index (χ2n) is 7.10. The molecule has 3 rings (SSSR count). The van der Waals surface area contributed by atoms with E-state index < -0.39 is 0 Å². The van der Waals surface area contributed by atoms with Gasteiger partial charge in [0.1, 0.15) is 5.75 Å². The number of carbonyl (C=O) groups is 2. The van der Waals surface area contributed by atoms with Crippen molar-refractivity contribution in [3.05, 3.63) is 53.6 Å². The molecule has 0 spiro atoms. The van der Waals surface area contributed by atoms with Crippen LogP contribution in [0.1, 0.15) is 37.3 Å². The molecule has 1 aliphatic heterocycles. The van der Waals surface area contributed by atoms with Crippen LogP contribution in [0.15, 0.2) is 42.5 Å². The van der Waals surface area contributed by atoms with Crippen LogP contribution in [0.3, 0.4) is 0 Å². The zero-order valence-electron chi connectivity index (χ0n) is 17.6. The third-order valence-corrected chi connectivity index (χ3v) is 5.07. The fraction of sp³-hybridized carbons (Fsp3) is 0.391. The average molecular weight is 412 g/mol. The Morgan fingerprint density at radius 1 is 1.13 bits per heavy atom. The molecule has 1 heterocycles. The molecule has 0 bridgehead atoms. The van der Waals surface area contributed by atoms with Crippen LogP contribution < -0.4 is 20.3 Å². The lowest BCUT2D eigenvalue weighted by Gasteiger charge is -2.28. The highest BCUT2D eigenvalue weighted by Crippen LogP contribution is 2.33. The molecule has 0 radical (unpaired) electrons. The molecule has 160 valence electrons. The van der Waals surface area contributed by atoms with E-state index in [1.807, 2.05) is 31.2 Å². The van der Waals surface area contributed by atoms with Crippen molar-refractivity contribution >= 4 is 23.3 Å². The zero-order chi connectivity index (χ0) is 21.3. The minimum Gasteiger partial charge on any atom is -0.495 e. The van der Waals surface area contributed by atoms with Gasteiger partial charge < -0.3 is 25.0 Å². The molecule has 2 aromatic carbocycles. The maximum atomic E-state index is 12.5. The summed E-state index contributed by atoms with van der Waals surface area (Å²) in [4.78, 5) is 26.5. The number of carbonyl (C=O) groups excluding carboxylic acids is 2. The van der Waals surface area contributed by atoms with Crippen molar-refractivity contribution in [2.24, 2.45) is 0 Å². The molecule has 2 aromatic rings. The largest absolute Gasteiger partial charge is 0.495 e. The van der Waals surface area contributed by atoms with Crippen LogP contribution in [0.5, 0.6) is 5.75 Å². The molecule has 7 nitrogen and oxygen atoms in total. The van der Waals surface area contributed by atoms with E-state index in [0.717, 1.165) is 24.0 Å². The Balaban J connectivity index is 1.66. The summed E-state index contributed by atoms with van der Waals surface area (Å²) in [6.45, 7) is 4.16. The van der Waals surface area contributed by atoms with Crippen LogP contribution in [0.25, 0.3) is 0 Å². The van der Waals surface area contributed by atoms with E-state index in [9.17, 15) is 9.59 Å². The summed E-state index contributed by atoms with van der Waals surface area (Å²) < 4.78 is 10.9. The van der Waals surface area contributed by atoms with E-state index in [2.05, 4.69) is 10.6 Å². The fourth-order valence-corrected chi connectivity index (χ4v) is 3.47. The summed E-state index contributed by atoms with van der Waals surface area (Å²) in [6.07, 6.45) is 2.39. The first-order valence-corrected chi connectivity index (χ1v) is 10.3. The number of ether oxygens (including phenoxy) is 2. The summed E-state index contributed by atoms with van der Waals surface area (Å²) in [5.74, 6) is 0.688. The van der Waals surface area contributed by atoms with Crippen LogP contribution >= 0.6 is 0 Å². The van der Waals surface area contributed by atoms with Gasteiger partial charge in [0.05, 0.1) is 19.4 Å². The first-order valence-electron chi connectivity index (χ1n) is 10.3. The normalized spacial score (nSPS) is 13.8. The van der Waals surface area contributed by atoms with Gasteiger partial charge in [-0.3, -0.25) is 4.79 Å². The SMILES string of the molecule is CCOCc1ccccc1CNC(=O)Nc1ccc(OC)c(N2CCCCC2=O)c1. The second kappa shape index (κ2) is 10.6. The van der Waals surface area contributed by atoms with Gasteiger partial charge in [-0.1, -0.05) is 24.3 Å². The Hall–Kier alpha value is -3.06. The Labute approximate surface area is 177 Å². The number of anilines is 2. The molecule has 0 unspecified atom stereocenters. The van der Waals surface area contributed by atoms with Crippen molar-refractivity contribution in [3.8, 4) is 5.75 Å². The smallest absolute Gasteiger partial charge is 0.319 e. The minimum atomic E-state index is -0.317. The number of rotatable bonds is 8. The maximum absolute atomic E-state index is 12.5. The summed E-state index contributed by atoms with van der Waals surface area (Å²) in [6, 6.07) is 12.9. The van der Waals surface area contributed by atoms with Crippen molar-refractivity contribution in [2.45, 2.75) is 39.3 Å². The van der Waals surface area contributed by atoms with Crippen molar-refractivity contribution in [1.82, 2.24) is 5.32 Å². The van der Waals surface area contributed by atoms with Gasteiger partial charge in [-0.2, -0.15) is 0 Å². The minimum absolute atomic E-state index is 0.0760. The Morgan fingerprint density at radius 2 is 1.93 bits per heavy atom. The zero-order valence-corrected chi connectivity index (χ0v) is 17.6. The summed E-state index contributed by atoms with van der Waals surface area (Å²) in [5.41, 5.74) is 3.34. The first-order chi connectivity index (χ1) is 14.6. The van der Waals surface area contributed by atoms with Gasteiger partial charge in [0.2, 0.25) is 5.91 Å². The molecule has 3 amide bonds. The molecule has 1 saturated heterocycles. The quantitative estimate of drug-likeness (QED) is 0.686. The van der Waals surface area contributed by atoms with Gasteiger partial charge in [-0.05, 0) is 49.1 Å². The van der Waals surface area contributed by atoms with E-state index in [1.54, 1.807) is 30.2 Å². The van der Waals surface area contributed by atoms with E-state index in [1.165, 1.54) is 0 Å². The molecule has 0 aliphatic carbocycles. The lowest BCUT2D eigenvalue weighted by molar-refractivity contribution is -0.119. The molecule has 0 saturated carbocycles. The maximum Gasteiger partial charge on any atom is 0.319 e. The Kier molecular flexibility index (Phi) is 7.68. The molecular weight excluding hydrogens is 382 g/mol. The number of hydrogen-bond donors (Lipinski definition) is 2. The van der Waals surface area contributed by atoms with Gasteiger partial charge in [0, 0.05) is 31.8 Å². The number of methoxy groups -OCH3 is 1. The van der Waals surface area contributed by atoms with Crippen LogP contribution in [0.4, 0.5) is 16.2 Å². The van der Waals surface area contributed by atoms with E-state index in [0.29, 0.717) is 49.8 Å². The number of piperidine rings is 1. The van der Waals surface area contributed by atoms with Crippen molar-refractivity contribution in [1.29, 1.82) is 0 Å². The number of benzene rings is 2. The molecule has 7 heteroatoms. The van der Waals surface area contributed by atoms with Gasteiger partial charge in [0.25, 0.3) is 0 Å². The van der Waals surface area contributed by atoms with Crippen LogP contribution in [-0.4, -0.2) is 32.2 Å². The molecule has 1 aliphatic rings. The van der Waals surface area contributed by atoms with E-state index >= 15 is 0 Å². The second-order valence-corrected chi connectivity index (χ2v) is 7.10. The topological polar surface area (TPSA) is 79.9 Å². The Bertz CT molecular complexity index is 885. The number of amides is 3. The third kappa shape index (κ3) is 5.51. The average Bonchev–Trinajstić information content (AvgIpc) is 2.77. The molecule has 2 N–H and O–H groups in total. The van der Waals surface area contributed by atoms with Crippen molar-refractivity contribution in [2.75, 3.05) is 30.5 Å². The van der Waals surface area contributed by atoms with Gasteiger partial charge in [-0.25, -0.2) is 4.79 Å². The molecule has 0 atom stereocenters. The number of nitrogens with zero attached hydrogens (tertiary/aromatic N) is 1. The van der Waals surface area contributed by atoms with Crippen molar-refractivity contribution in [3.63, 3.8) is 0 Å². The number of urea groups is 1. The van der Waals surface area contributed by atoms with Gasteiger partial charge >= 0.3 is 6.03 Å². The lowest BCUT2D eigenvalue weighted by Crippen LogP contribution is -2.35. The predicted octanol–water partition coefficient (Wildman–Crippen LogP) is 4.07. The highest BCUT2D eigenvalue weighted by Gasteiger charge is 2.23. The number of nitrogens with one attached hydrogen (secondary N) is 2. The standard InChI is InChI=1S/C23H29N3O4/c1-3-30-16-18-9-5-4-8-17(18)15-24-23(28)25-19-11-12-21(29-2)20(14-19)26-13-7-6-10-22(26)27/h4-5,8-9,11-12,14H,3,6-7,10,13,15-16H2,1-2H3,(H2,24,25,28). The first kappa shape index (κ1) is 21.6. The third-order valence-electron chi connectivity index (χ3n) is 5.07. The van der Waals surface area contributed by atoms with Crippen LogP contribution in [0, 0.1) is 0 Å².